The maximum absolute atomic E-state index is 4.35. The fourth-order valence-electron chi connectivity index (χ4n) is 1.32. The molecule has 1 atom stereocenters. The predicted octanol–water partition coefficient (Wildman–Crippen LogP) is 0.193. The Labute approximate surface area is 49.0 Å². The Bertz CT molecular complexity index is 118. The largest absolute Gasteiger partial charge is 0.307 e. The molecule has 2 heteroatoms. The molecular formula is C6H10N2. The number of hydrogen-bond acceptors (Lipinski definition) is 2. The van der Waals surface area contributed by atoms with Gasteiger partial charge >= 0.3 is 0 Å². The van der Waals surface area contributed by atoms with Crippen LogP contribution in [0, 0.1) is 0 Å². The molecule has 0 amide bonds. The van der Waals surface area contributed by atoms with E-state index in [9.17, 15) is 0 Å². The highest BCUT2D eigenvalue weighted by molar-refractivity contribution is 5.88. The Morgan fingerprint density at radius 3 is 2.75 bits per heavy atom. The molecule has 2 bridgehead atoms. The van der Waals surface area contributed by atoms with E-state index in [-0.39, 0.29) is 0 Å². The zero-order chi connectivity index (χ0) is 5.40. The van der Waals surface area contributed by atoms with Gasteiger partial charge in [0, 0.05) is 18.3 Å². The molecule has 3 aliphatic heterocycles. The summed E-state index contributed by atoms with van der Waals surface area (Å²) < 4.78 is 0. The summed E-state index contributed by atoms with van der Waals surface area (Å²) in [6.07, 6.45) is 2.57. The standard InChI is InChI=1S/C6H10N2/c1-2-6-4-7-5(1)3-8-6/h5,7H,1-4H2. The molecule has 3 rings (SSSR count). The molecule has 0 saturated carbocycles. The average Bonchev–Trinajstić information content (AvgIpc) is 1.92. The molecular weight excluding hydrogens is 100 g/mol. The molecule has 0 spiro atoms. The van der Waals surface area contributed by atoms with Gasteiger partial charge in [-0.3, -0.25) is 4.99 Å². The van der Waals surface area contributed by atoms with Gasteiger partial charge in [0.05, 0.1) is 6.54 Å². The van der Waals surface area contributed by atoms with Crippen LogP contribution in [0.1, 0.15) is 12.8 Å². The highest BCUT2D eigenvalue weighted by Gasteiger charge is 2.20. The van der Waals surface area contributed by atoms with Crippen molar-refractivity contribution in [1.82, 2.24) is 5.32 Å². The third-order valence-corrected chi connectivity index (χ3v) is 1.91. The summed E-state index contributed by atoms with van der Waals surface area (Å²) in [7, 11) is 0. The lowest BCUT2D eigenvalue weighted by Gasteiger charge is -2.28. The molecule has 0 aromatic rings. The van der Waals surface area contributed by atoms with E-state index < -0.39 is 0 Å². The van der Waals surface area contributed by atoms with Crippen LogP contribution in [-0.4, -0.2) is 24.8 Å². The van der Waals surface area contributed by atoms with Gasteiger partial charge in [-0.25, -0.2) is 0 Å². The first kappa shape index (κ1) is 4.50. The van der Waals surface area contributed by atoms with E-state index in [0.29, 0.717) is 6.04 Å². The lowest BCUT2D eigenvalue weighted by Crippen LogP contribution is -2.45. The minimum atomic E-state index is 0.715. The summed E-state index contributed by atoms with van der Waals surface area (Å²) in [5.74, 6) is 0. The number of rotatable bonds is 0. The second-order valence-corrected chi connectivity index (χ2v) is 2.52. The van der Waals surface area contributed by atoms with E-state index in [4.69, 9.17) is 0 Å². The molecule has 8 heavy (non-hydrogen) atoms. The molecule has 1 unspecified atom stereocenters. The number of nitrogens with one attached hydrogen (secondary N) is 1. The van der Waals surface area contributed by atoms with Gasteiger partial charge in [-0.05, 0) is 12.8 Å². The van der Waals surface area contributed by atoms with Gasteiger partial charge < -0.3 is 5.32 Å². The van der Waals surface area contributed by atoms with Crippen molar-refractivity contribution in [2.45, 2.75) is 18.9 Å². The maximum Gasteiger partial charge on any atom is 0.0543 e. The van der Waals surface area contributed by atoms with E-state index in [2.05, 4.69) is 10.3 Å². The van der Waals surface area contributed by atoms with Gasteiger partial charge in [0.25, 0.3) is 0 Å². The van der Waals surface area contributed by atoms with E-state index in [1.165, 1.54) is 18.6 Å². The van der Waals surface area contributed by atoms with Crippen LogP contribution in [0.25, 0.3) is 0 Å². The fourth-order valence-corrected chi connectivity index (χ4v) is 1.32. The molecule has 1 fully saturated rings. The lowest BCUT2D eigenvalue weighted by molar-refractivity contribution is 0.472. The molecule has 0 aromatic heterocycles. The van der Waals surface area contributed by atoms with Crippen LogP contribution in [0.15, 0.2) is 4.99 Å². The minimum absolute atomic E-state index is 0.715. The third kappa shape index (κ3) is 0.564. The van der Waals surface area contributed by atoms with Crippen molar-refractivity contribution in [2.75, 3.05) is 13.1 Å². The fraction of sp³-hybridized carbons (Fsp3) is 0.833. The normalized spacial score (nSPS) is 35.0. The Kier molecular flexibility index (Phi) is 0.875. The summed E-state index contributed by atoms with van der Waals surface area (Å²) in [4.78, 5) is 4.35. The molecule has 3 heterocycles. The van der Waals surface area contributed by atoms with E-state index in [0.717, 1.165) is 13.1 Å². The van der Waals surface area contributed by atoms with Crippen LogP contribution in [0.3, 0.4) is 0 Å². The smallest absolute Gasteiger partial charge is 0.0543 e. The Morgan fingerprint density at radius 2 is 2.62 bits per heavy atom. The minimum Gasteiger partial charge on any atom is -0.307 e. The SMILES string of the molecule is C1CC2CN=C1CN2. The van der Waals surface area contributed by atoms with Crippen molar-refractivity contribution in [3.8, 4) is 0 Å². The molecule has 0 aliphatic carbocycles. The van der Waals surface area contributed by atoms with Gasteiger partial charge in [-0.1, -0.05) is 0 Å². The summed E-state index contributed by atoms with van der Waals surface area (Å²) in [6.45, 7) is 2.10. The topological polar surface area (TPSA) is 24.4 Å². The van der Waals surface area contributed by atoms with Crippen LogP contribution in [0.5, 0.6) is 0 Å². The molecule has 2 nitrogen and oxygen atoms in total. The molecule has 0 radical (unpaired) electrons. The number of nitrogens with zero attached hydrogens (tertiary/aromatic N) is 1. The van der Waals surface area contributed by atoms with Gasteiger partial charge in [0.1, 0.15) is 0 Å². The third-order valence-electron chi connectivity index (χ3n) is 1.91. The maximum atomic E-state index is 4.35. The summed E-state index contributed by atoms with van der Waals surface area (Å²) in [5.41, 5.74) is 1.38. The van der Waals surface area contributed by atoms with Crippen molar-refractivity contribution >= 4 is 5.71 Å². The Hall–Kier alpha value is -0.370. The van der Waals surface area contributed by atoms with Crippen molar-refractivity contribution in [2.24, 2.45) is 4.99 Å². The van der Waals surface area contributed by atoms with Crippen molar-refractivity contribution in [3.63, 3.8) is 0 Å². The number of hydrogen-bond donors (Lipinski definition) is 1. The second kappa shape index (κ2) is 1.55. The van der Waals surface area contributed by atoms with Crippen LogP contribution < -0.4 is 5.32 Å². The van der Waals surface area contributed by atoms with Crippen LogP contribution in [0.4, 0.5) is 0 Å². The van der Waals surface area contributed by atoms with Crippen LogP contribution in [0.2, 0.25) is 0 Å². The van der Waals surface area contributed by atoms with E-state index >= 15 is 0 Å². The van der Waals surface area contributed by atoms with Crippen molar-refractivity contribution in [3.05, 3.63) is 0 Å². The molecule has 0 aromatic carbocycles. The number of aliphatic imine (C=N–C) groups is 1. The Morgan fingerprint density at radius 1 is 1.62 bits per heavy atom. The van der Waals surface area contributed by atoms with Gasteiger partial charge in [0.2, 0.25) is 0 Å². The first-order chi connectivity index (χ1) is 3.95. The summed E-state index contributed by atoms with van der Waals surface area (Å²) >= 11 is 0. The molecule has 1 saturated heterocycles. The van der Waals surface area contributed by atoms with E-state index in [1.807, 2.05) is 0 Å². The first-order valence-corrected chi connectivity index (χ1v) is 3.21. The van der Waals surface area contributed by atoms with Gasteiger partial charge in [0.15, 0.2) is 0 Å². The van der Waals surface area contributed by atoms with Gasteiger partial charge in [-0.15, -0.1) is 0 Å². The average molecular weight is 110 g/mol. The molecule has 44 valence electrons. The zero-order valence-corrected chi connectivity index (χ0v) is 4.85. The molecule has 1 N–H and O–H groups in total. The van der Waals surface area contributed by atoms with Gasteiger partial charge in [-0.2, -0.15) is 0 Å². The monoisotopic (exact) mass is 110 g/mol. The quantitative estimate of drug-likeness (QED) is 0.473. The van der Waals surface area contributed by atoms with Crippen molar-refractivity contribution in [1.29, 1.82) is 0 Å². The zero-order valence-electron chi connectivity index (χ0n) is 4.85. The number of fused-ring (bicyclic) bond motifs is 3. The number of piperidine rings is 1. The van der Waals surface area contributed by atoms with E-state index in [1.54, 1.807) is 0 Å². The highest BCUT2D eigenvalue weighted by atomic mass is 15.0. The highest BCUT2D eigenvalue weighted by Crippen LogP contribution is 2.11. The van der Waals surface area contributed by atoms with Crippen LogP contribution in [-0.2, 0) is 0 Å². The summed E-state index contributed by atoms with van der Waals surface area (Å²) in [5, 5.41) is 3.39. The first-order valence-electron chi connectivity index (χ1n) is 3.21. The second-order valence-electron chi connectivity index (χ2n) is 2.52. The summed E-state index contributed by atoms with van der Waals surface area (Å²) in [6, 6.07) is 0.715. The molecule has 3 aliphatic rings. The van der Waals surface area contributed by atoms with Crippen molar-refractivity contribution < 1.29 is 0 Å². The lowest BCUT2D eigenvalue weighted by atomic mass is 10.00. The predicted molar refractivity (Wildman–Crippen MR) is 33.3 cm³/mol. The Balaban J connectivity index is 2.22. The van der Waals surface area contributed by atoms with Crippen LogP contribution >= 0.6 is 0 Å².